The smallest absolute Gasteiger partial charge is 0.168 e. The molecule has 0 aliphatic carbocycles. The first kappa shape index (κ1) is 15.1. The fourth-order valence-electron chi connectivity index (χ4n) is 2.75. The van der Waals surface area contributed by atoms with Crippen molar-refractivity contribution in [2.75, 3.05) is 12.8 Å². The van der Waals surface area contributed by atoms with Crippen molar-refractivity contribution >= 4 is 11.8 Å². The summed E-state index contributed by atoms with van der Waals surface area (Å²) in [6, 6.07) is 15.0. The number of nitrogens with one attached hydrogen (secondary N) is 1. The number of rotatable bonds is 4. The Morgan fingerprint density at radius 1 is 1.23 bits per heavy atom. The molecule has 0 spiro atoms. The van der Waals surface area contributed by atoms with E-state index in [-0.39, 0.29) is 6.17 Å². The first-order valence-corrected chi connectivity index (χ1v) is 8.40. The summed E-state index contributed by atoms with van der Waals surface area (Å²) in [6.07, 6.45) is -0.0558. The van der Waals surface area contributed by atoms with Crippen LogP contribution < -0.4 is 5.53 Å². The summed E-state index contributed by atoms with van der Waals surface area (Å²) >= 11 is 1.87. The van der Waals surface area contributed by atoms with E-state index in [1.807, 2.05) is 23.8 Å². The van der Waals surface area contributed by atoms with Crippen LogP contribution in [-0.4, -0.2) is 17.8 Å². The molecule has 0 radical (unpaired) electrons. The van der Waals surface area contributed by atoms with Crippen LogP contribution in [0, 0.1) is 6.92 Å². The van der Waals surface area contributed by atoms with Gasteiger partial charge in [-0.1, -0.05) is 48.5 Å². The Bertz CT molecular complexity index is 685. The molecule has 4 nitrogen and oxygen atoms in total. The maximum atomic E-state index is 4.26. The largest absolute Gasteiger partial charge is 0.220 e. The lowest BCUT2D eigenvalue weighted by atomic mass is 9.97. The summed E-state index contributed by atoms with van der Waals surface area (Å²) in [7, 11) is 1.96. The van der Waals surface area contributed by atoms with Crippen LogP contribution in [0.3, 0.4) is 0 Å². The molecule has 1 atom stereocenters. The molecule has 1 N–H and O–H groups in total. The number of hydrogen-bond acceptors (Lipinski definition) is 5. The first-order valence-electron chi connectivity index (χ1n) is 7.41. The first-order chi connectivity index (χ1) is 10.7. The zero-order chi connectivity index (χ0) is 15.5. The van der Waals surface area contributed by atoms with Crippen LogP contribution in [0.1, 0.15) is 24.2 Å². The molecule has 3 rings (SSSR count). The number of thioether (sulfide) groups is 1. The van der Waals surface area contributed by atoms with E-state index in [9.17, 15) is 0 Å². The van der Waals surface area contributed by atoms with Gasteiger partial charge in [0.1, 0.15) is 0 Å². The van der Waals surface area contributed by atoms with Crippen LogP contribution in [0.15, 0.2) is 57.7 Å². The average Bonchev–Trinajstić information content (AvgIpc) is 2.94. The molecule has 0 saturated heterocycles. The van der Waals surface area contributed by atoms with Crippen molar-refractivity contribution in [3.63, 3.8) is 0 Å². The van der Waals surface area contributed by atoms with Gasteiger partial charge in [-0.05, 0) is 41.0 Å². The normalized spacial score (nSPS) is 17.7. The monoisotopic (exact) mass is 312 g/mol. The average molecular weight is 312 g/mol. The lowest BCUT2D eigenvalue weighted by Gasteiger charge is -2.19. The summed E-state index contributed by atoms with van der Waals surface area (Å²) in [5.41, 5.74) is 7.90. The maximum absolute atomic E-state index is 4.26. The van der Waals surface area contributed by atoms with Crippen molar-refractivity contribution in [1.82, 2.24) is 10.5 Å². The van der Waals surface area contributed by atoms with Gasteiger partial charge in [-0.25, -0.2) is 5.53 Å². The van der Waals surface area contributed by atoms with E-state index in [2.05, 4.69) is 72.2 Å². The number of hydrogen-bond donors (Lipinski definition) is 1. The summed E-state index contributed by atoms with van der Waals surface area (Å²) in [6.45, 7) is 4.36. The van der Waals surface area contributed by atoms with Gasteiger partial charge in [0.2, 0.25) is 0 Å². The lowest BCUT2D eigenvalue weighted by molar-refractivity contribution is 0.222. The highest BCUT2D eigenvalue weighted by Crippen LogP contribution is 2.38. The third-order valence-electron chi connectivity index (χ3n) is 3.72. The molecule has 2 aromatic carbocycles. The van der Waals surface area contributed by atoms with Crippen LogP contribution in [0.2, 0.25) is 0 Å². The third-order valence-corrected chi connectivity index (χ3v) is 4.64. The van der Waals surface area contributed by atoms with Crippen LogP contribution in [-0.2, 0) is 0 Å². The van der Waals surface area contributed by atoms with E-state index in [4.69, 9.17) is 0 Å². The molecule has 0 fully saturated rings. The van der Waals surface area contributed by atoms with Gasteiger partial charge >= 0.3 is 0 Å². The fraction of sp³-hybridized carbons (Fsp3) is 0.294. The molecule has 2 aromatic rings. The van der Waals surface area contributed by atoms with Crippen molar-refractivity contribution in [2.24, 2.45) is 10.3 Å². The van der Waals surface area contributed by atoms with Crippen LogP contribution in [0.4, 0.5) is 0 Å². The topological polar surface area (TPSA) is 40.0 Å². The quantitative estimate of drug-likeness (QED) is 0.839. The van der Waals surface area contributed by atoms with Crippen molar-refractivity contribution in [3.8, 4) is 11.1 Å². The van der Waals surface area contributed by atoms with Crippen molar-refractivity contribution < 1.29 is 0 Å². The second kappa shape index (κ2) is 6.50. The Balaban J connectivity index is 2.09. The maximum Gasteiger partial charge on any atom is 0.168 e. The Hall–Kier alpha value is -1.85. The molecular formula is C17H20N4S. The minimum absolute atomic E-state index is 0.0558. The zero-order valence-corrected chi connectivity index (χ0v) is 13.9. The van der Waals surface area contributed by atoms with Crippen molar-refractivity contribution in [3.05, 3.63) is 53.6 Å². The van der Waals surface area contributed by atoms with Crippen LogP contribution in [0.25, 0.3) is 11.1 Å². The highest BCUT2D eigenvalue weighted by atomic mass is 32.2. The van der Waals surface area contributed by atoms with Crippen molar-refractivity contribution in [2.45, 2.75) is 24.9 Å². The molecule has 0 saturated carbocycles. The zero-order valence-electron chi connectivity index (χ0n) is 13.1. The molecule has 22 heavy (non-hydrogen) atoms. The fourth-order valence-corrected chi connectivity index (χ4v) is 3.70. The van der Waals surface area contributed by atoms with E-state index in [1.54, 1.807) is 0 Å². The molecule has 1 aliphatic heterocycles. The van der Waals surface area contributed by atoms with Crippen LogP contribution in [0.5, 0.6) is 0 Å². The van der Waals surface area contributed by atoms with Gasteiger partial charge in [-0.15, -0.1) is 16.9 Å². The van der Waals surface area contributed by atoms with Gasteiger partial charge in [0, 0.05) is 11.9 Å². The second-order valence-electron chi connectivity index (χ2n) is 5.31. The number of hydrazine groups is 1. The standard InChI is InChI=1S/C17H20N4S/c1-4-22-15-11-14(17-18-19-20-21(17)3)10-12(2)16(15)13-8-6-5-7-9-13/h5-11,17H,4H2,1-3H3,(H,18,20). The summed E-state index contributed by atoms with van der Waals surface area (Å²) in [5.74, 6) is 1.04. The Morgan fingerprint density at radius 3 is 2.64 bits per heavy atom. The van der Waals surface area contributed by atoms with Gasteiger partial charge in [0.25, 0.3) is 0 Å². The third kappa shape index (κ3) is 2.87. The van der Waals surface area contributed by atoms with Gasteiger partial charge in [0.15, 0.2) is 6.17 Å². The van der Waals surface area contributed by atoms with Gasteiger partial charge in [-0.3, -0.25) is 0 Å². The number of benzene rings is 2. The predicted octanol–water partition coefficient (Wildman–Crippen LogP) is 4.59. The van der Waals surface area contributed by atoms with E-state index >= 15 is 0 Å². The molecule has 1 aliphatic rings. The molecule has 1 unspecified atom stereocenters. The van der Waals surface area contributed by atoms with Crippen LogP contribution >= 0.6 is 11.8 Å². The van der Waals surface area contributed by atoms with E-state index < -0.39 is 0 Å². The summed E-state index contributed by atoms with van der Waals surface area (Å²) in [4.78, 5) is 1.30. The summed E-state index contributed by atoms with van der Waals surface area (Å²) < 4.78 is 0. The van der Waals surface area contributed by atoms with Gasteiger partial charge in [0.05, 0.1) is 0 Å². The number of aryl methyl sites for hydroxylation is 1. The molecule has 0 aromatic heterocycles. The molecule has 0 amide bonds. The predicted molar refractivity (Wildman–Crippen MR) is 91.5 cm³/mol. The summed E-state index contributed by atoms with van der Waals surface area (Å²) in [5, 5.41) is 10.1. The lowest BCUT2D eigenvalue weighted by Crippen LogP contribution is -2.27. The van der Waals surface area contributed by atoms with E-state index in [0.717, 1.165) is 5.75 Å². The minimum atomic E-state index is -0.0558. The van der Waals surface area contributed by atoms with E-state index in [1.165, 1.54) is 27.1 Å². The molecule has 5 heteroatoms. The van der Waals surface area contributed by atoms with E-state index in [0.29, 0.717) is 0 Å². The van der Waals surface area contributed by atoms with Gasteiger partial charge < -0.3 is 0 Å². The van der Waals surface area contributed by atoms with Crippen molar-refractivity contribution in [1.29, 1.82) is 0 Å². The molecule has 1 heterocycles. The Morgan fingerprint density at radius 2 is 2.00 bits per heavy atom. The Labute approximate surface area is 135 Å². The molecule has 114 valence electrons. The van der Waals surface area contributed by atoms with Gasteiger partial charge in [-0.2, -0.15) is 5.01 Å². The Kier molecular flexibility index (Phi) is 4.45. The second-order valence-corrected chi connectivity index (χ2v) is 6.62. The SMILES string of the molecule is CCSc1cc(C2N=NNN2C)cc(C)c1-c1ccccc1. The number of nitrogens with zero attached hydrogens (tertiary/aromatic N) is 3. The highest BCUT2D eigenvalue weighted by molar-refractivity contribution is 7.99. The molecular weight excluding hydrogens is 292 g/mol. The molecule has 0 bridgehead atoms. The highest BCUT2D eigenvalue weighted by Gasteiger charge is 2.23. The minimum Gasteiger partial charge on any atom is -0.220 e.